The van der Waals surface area contributed by atoms with Crippen LogP contribution in [0.15, 0.2) is 95.3 Å². The first-order valence-electron chi connectivity index (χ1n) is 9.26. The van der Waals surface area contributed by atoms with Crippen LogP contribution < -0.4 is 10.1 Å². The Kier molecular flexibility index (Phi) is 6.08. The lowest BCUT2D eigenvalue weighted by atomic mass is 9.88. The highest BCUT2D eigenvalue weighted by Crippen LogP contribution is 2.46. The normalized spacial score (nSPS) is 17.1. The highest BCUT2D eigenvalue weighted by atomic mass is 32.2. The van der Waals surface area contributed by atoms with Crippen LogP contribution in [0.3, 0.4) is 0 Å². The molecule has 1 atom stereocenters. The average Bonchev–Trinajstić information content (AvgIpc) is 3.18. The summed E-state index contributed by atoms with van der Waals surface area (Å²) in [6.45, 7) is 0. The van der Waals surface area contributed by atoms with Crippen LogP contribution in [0.2, 0.25) is 0 Å². The summed E-state index contributed by atoms with van der Waals surface area (Å²) in [6, 6.07) is 28.3. The molecule has 3 nitrogen and oxygen atoms in total. The minimum atomic E-state index is -0.0333. The zero-order valence-corrected chi connectivity index (χ0v) is 17.5. The minimum absolute atomic E-state index is 0.0333. The van der Waals surface area contributed by atoms with Gasteiger partial charge in [-0.1, -0.05) is 78.5 Å². The molecule has 1 aliphatic rings. The highest BCUT2D eigenvalue weighted by Gasteiger charge is 2.31. The number of hydrogen-bond donors (Lipinski definition) is 1. The van der Waals surface area contributed by atoms with Crippen molar-refractivity contribution in [3.05, 3.63) is 101 Å². The van der Waals surface area contributed by atoms with E-state index in [9.17, 15) is 0 Å². The van der Waals surface area contributed by atoms with Crippen LogP contribution in [0, 0.1) is 0 Å². The van der Waals surface area contributed by atoms with E-state index >= 15 is 0 Å². The number of aliphatic imine (C=N–C) groups is 1. The number of thiocarbonyl (C=S) groups is 1. The van der Waals surface area contributed by atoms with E-state index in [-0.39, 0.29) is 5.92 Å². The van der Waals surface area contributed by atoms with E-state index in [2.05, 4.69) is 41.1 Å². The summed E-state index contributed by atoms with van der Waals surface area (Å²) in [6.07, 6.45) is 0. The van der Waals surface area contributed by atoms with Crippen LogP contribution in [-0.2, 0) is 0 Å². The van der Waals surface area contributed by atoms with Gasteiger partial charge in [0.25, 0.3) is 0 Å². The predicted octanol–water partition coefficient (Wildman–Crippen LogP) is 6.36. The number of nitrogens with one attached hydrogen (secondary N) is 1. The first-order chi connectivity index (χ1) is 14.3. The van der Waals surface area contributed by atoms with Crippen LogP contribution in [0.4, 0.5) is 5.69 Å². The van der Waals surface area contributed by atoms with Crippen LogP contribution >= 0.6 is 24.0 Å². The lowest BCUT2D eigenvalue weighted by Crippen LogP contribution is -2.13. The van der Waals surface area contributed by atoms with E-state index in [1.807, 2.05) is 54.6 Å². The Bertz CT molecular complexity index is 1060. The summed E-state index contributed by atoms with van der Waals surface area (Å²) in [4.78, 5) is 4.77. The molecule has 0 bridgehead atoms. The molecule has 0 fully saturated rings. The van der Waals surface area contributed by atoms with Gasteiger partial charge in [0.05, 0.1) is 18.1 Å². The second kappa shape index (κ2) is 9.07. The van der Waals surface area contributed by atoms with Crippen LogP contribution in [-0.4, -0.2) is 17.3 Å². The standard InChI is InChI=1S/C24H20N2OS2/c1-27-21-15-9-8-14-19(21)22-20(17-10-4-2-5-11-17)16-29-23(22)26-24(28)25-18-12-6-3-7-13-18/h2-16,22H,1H3,(H,25,28)/b26-23+. The number of benzene rings is 3. The second-order valence-electron chi connectivity index (χ2n) is 6.48. The van der Waals surface area contributed by atoms with Crippen LogP contribution in [0.5, 0.6) is 5.75 Å². The van der Waals surface area contributed by atoms with E-state index in [0.717, 1.165) is 22.0 Å². The van der Waals surface area contributed by atoms with Crippen molar-refractivity contribution < 1.29 is 4.74 Å². The summed E-state index contributed by atoms with van der Waals surface area (Å²) >= 11 is 7.14. The molecule has 0 aromatic heterocycles. The number of allylic oxidation sites excluding steroid dienone is 1. The quantitative estimate of drug-likeness (QED) is 0.502. The lowest BCUT2D eigenvalue weighted by Gasteiger charge is -2.19. The predicted molar refractivity (Wildman–Crippen MR) is 128 cm³/mol. The summed E-state index contributed by atoms with van der Waals surface area (Å²) in [7, 11) is 1.70. The SMILES string of the molecule is COc1ccccc1C1C(c2ccccc2)=CS/C1=N/C(=S)Nc1ccccc1. The number of nitrogens with zero attached hydrogens (tertiary/aromatic N) is 1. The maximum Gasteiger partial charge on any atom is 0.198 e. The van der Waals surface area contributed by atoms with Crippen molar-refractivity contribution in [3.63, 3.8) is 0 Å². The van der Waals surface area contributed by atoms with E-state index in [4.69, 9.17) is 21.9 Å². The minimum Gasteiger partial charge on any atom is -0.496 e. The van der Waals surface area contributed by atoms with Crippen molar-refractivity contribution in [2.45, 2.75) is 5.92 Å². The molecule has 0 saturated carbocycles. The van der Waals surface area contributed by atoms with Gasteiger partial charge in [0.15, 0.2) is 5.11 Å². The van der Waals surface area contributed by atoms with E-state index in [1.165, 1.54) is 11.1 Å². The molecule has 29 heavy (non-hydrogen) atoms. The molecule has 144 valence electrons. The molecule has 4 rings (SSSR count). The number of para-hydroxylation sites is 2. The summed E-state index contributed by atoms with van der Waals surface area (Å²) in [5.41, 5.74) is 4.37. The Morgan fingerprint density at radius 2 is 1.59 bits per heavy atom. The highest BCUT2D eigenvalue weighted by molar-refractivity contribution is 8.17. The molecule has 1 unspecified atom stereocenters. The number of methoxy groups -OCH3 is 1. The van der Waals surface area contributed by atoms with Gasteiger partial charge in [0, 0.05) is 11.3 Å². The Morgan fingerprint density at radius 1 is 0.931 bits per heavy atom. The largest absolute Gasteiger partial charge is 0.496 e. The van der Waals surface area contributed by atoms with Gasteiger partial charge >= 0.3 is 0 Å². The Labute approximate surface area is 180 Å². The fraction of sp³-hybridized carbons (Fsp3) is 0.0833. The molecule has 0 aliphatic carbocycles. The number of ether oxygens (including phenoxy) is 1. The molecule has 3 aromatic carbocycles. The average molecular weight is 417 g/mol. The van der Waals surface area contributed by atoms with Crippen molar-refractivity contribution in [3.8, 4) is 5.75 Å². The number of thioether (sulfide) groups is 1. The van der Waals surface area contributed by atoms with Gasteiger partial charge in [-0.25, -0.2) is 4.99 Å². The van der Waals surface area contributed by atoms with E-state index in [1.54, 1.807) is 18.9 Å². The first-order valence-corrected chi connectivity index (χ1v) is 10.5. The summed E-state index contributed by atoms with van der Waals surface area (Å²) in [5, 5.41) is 6.74. The van der Waals surface area contributed by atoms with Crippen molar-refractivity contribution in [2.24, 2.45) is 4.99 Å². The second-order valence-corrected chi connectivity index (χ2v) is 7.75. The Hall–Kier alpha value is -2.89. The number of hydrogen-bond acceptors (Lipinski definition) is 3. The molecule has 0 radical (unpaired) electrons. The van der Waals surface area contributed by atoms with Crippen molar-refractivity contribution in [1.29, 1.82) is 0 Å². The molecule has 0 amide bonds. The Balaban J connectivity index is 1.71. The molecule has 0 saturated heterocycles. The van der Waals surface area contributed by atoms with Gasteiger partial charge in [-0.3, -0.25) is 0 Å². The van der Waals surface area contributed by atoms with E-state index < -0.39 is 0 Å². The van der Waals surface area contributed by atoms with E-state index in [0.29, 0.717) is 5.11 Å². The third-order valence-electron chi connectivity index (χ3n) is 4.66. The molecule has 1 heterocycles. The molecule has 1 aliphatic heterocycles. The number of rotatable bonds is 4. The first kappa shape index (κ1) is 19.4. The van der Waals surface area contributed by atoms with Gasteiger partial charge in [-0.15, -0.1) is 0 Å². The maximum absolute atomic E-state index is 5.65. The maximum atomic E-state index is 5.65. The molecular formula is C24H20N2OS2. The Morgan fingerprint density at radius 3 is 2.31 bits per heavy atom. The fourth-order valence-electron chi connectivity index (χ4n) is 3.33. The van der Waals surface area contributed by atoms with Crippen LogP contribution in [0.1, 0.15) is 17.0 Å². The van der Waals surface area contributed by atoms with Crippen molar-refractivity contribution in [2.75, 3.05) is 12.4 Å². The topological polar surface area (TPSA) is 33.6 Å². The van der Waals surface area contributed by atoms with Crippen molar-refractivity contribution in [1.82, 2.24) is 0 Å². The molecule has 0 spiro atoms. The zero-order valence-electron chi connectivity index (χ0n) is 15.9. The molecular weight excluding hydrogens is 396 g/mol. The lowest BCUT2D eigenvalue weighted by molar-refractivity contribution is 0.410. The summed E-state index contributed by atoms with van der Waals surface area (Å²) in [5.74, 6) is 0.811. The van der Waals surface area contributed by atoms with Gasteiger partial charge in [0.2, 0.25) is 0 Å². The molecule has 3 aromatic rings. The monoisotopic (exact) mass is 416 g/mol. The third-order valence-corrected chi connectivity index (χ3v) is 5.79. The zero-order chi connectivity index (χ0) is 20.1. The molecule has 1 N–H and O–H groups in total. The molecule has 5 heteroatoms. The number of anilines is 1. The smallest absolute Gasteiger partial charge is 0.198 e. The van der Waals surface area contributed by atoms with Gasteiger partial charge in [0.1, 0.15) is 5.75 Å². The van der Waals surface area contributed by atoms with Gasteiger partial charge in [-0.2, -0.15) is 0 Å². The summed E-state index contributed by atoms with van der Waals surface area (Å²) < 4.78 is 5.65. The fourth-order valence-corrected chi connectivity index (χ4v) is 4.66. The van der Waals surface area contributed by atoms with Crippen molar-refractivity contribution >= 4 is 45.4 Å². The van der Waals surface area contributed by atoms with Gasteiger partial charge < -0.3 is 10.1 Å². The third kappa shape index (κ3) is 4.42. The van der Waals surface area contributed by atoms with Gasteiger partial charge in [-0.05, 0) is 47.0 Å². The van der Waals surface area contributed by atoms with Crippen LogP contribution in [0.25, 0.3) is 5.57 Å².